The van der Waals surface area contributed by atoms with Crippen LogP contribution in [0.25, 0.3) is 11.3 Å². The van der Waals surface area contributed by atoms with Crippen LogP contribution in [0.4, 0.5) is 0 Å². The third-order valence-corrected chi connectivity index (χ3v) is 3.59. The lowest BCUT2D eigenvalue weighted by molar-refractivity contribution is 0.441. The molecule has 1 aliphatic heterocycles. The quantitative estimate of drug-likeness (QED) is 0.875. The van der Waals surface area contributed by atoms with Crippen LogP contribution in [0.3, 0.4) is 0 Å². The minimum atomic E-state index is 0.585. The molecular formula is C14H18N4. The van der Waals surface area contributed by atoms with Gasteiger partial charge in [0, 0.05) is 43.2 Å². The molecule has 2 aromatic heterocycles. The van der Waals surface area contributed by atoms with Crippen LogP contribution in [-0.2, 0) is 7.05 Å². The van der Waals surface area contributed by atoms with Crippen LogP contribution < -0.4 is 5.32 Å². The predicted octanol–water partition coefficient (Wildman–Crippen LogP) is 1.95. The van der Waals surface area contributed by atoms with Crippen LogP contribution >= 0.6 is 0 Å². The largest absolute Gasteiger partial charge is 0.316 e. The molecule has 4 nitrogen and oxygen atoms in total. The first kappa shape index (κ1) is 11.4. The van der Waals surface area contributed by atoms with Gasteiger partial charge in [0.25, 0.3) is 0 Å². The van der Waals surface area contributed by atoms with Crippen molar-refractivity contribution in [2.24, 2.45) is 7.05 Å². The maximum absolute atomic E-state index is 4.60. The Balaban J connectivity index is 1.91. The molecule has 1 N–H and O–H groups in total. The Morgan fingerprint density at radius 3 is 3.11 bits per heavy atom. The van der Waals surface area contributed by atoms with Gasteiger partial charge in [-0.2, -0.15) is 5.10 Å². The number of hydrogen-bond donors (Lipinski definition) is 1. The van der Waals surface area contributed by atoms with Crippen LogP contribution in [0.1, 0.15) is 24.5 Å². The van der Waals surface area contributed by atoms with E-state index < -0.39 is 0 Å². The fourth-order valence-electron chi connectivity index (χ4n) is 2.62. The zero-order valence-corrected chi connectivity index (χ0v) is 10.6. The van der Waals surface area contributed by atoms with Gasteiger partial charge >= 0.3 is 0 Å². The number of nitrogens with one attached hydrogen (secondary N) is 1. The molecule has 3 rings (SSSR count). The zero-order chi connectivity index (χ0) is 12.4. The van der Waals surface area contributed by atoms with E-state index in [-0.39, 0.29) is 0 Å². The maximum Gasteiger partial charge on any atom is 0.0941 e. The Bertz CT molecular complexity index is 512. The molecule has 0 radical (unpaired) electrons. The van der Waals surface area contributed by atoms with E-state index in [4.69, 9.17) is 0 Å². The molecular weight excluding hydrogens is 224 g/mol. The number of nitrogens with zero attached hydrogens (tertiary/aromatic N) is 3. The summed E-state index contributed by atoms with van der Waals surface area (Å²) in [5.41, 5.74) is 3.43. The Morgan fingerprint density at radius 2 is 2.39 bits per heavy atom. The van der Waals surface area contributed by atoms with E-state index in [1.165, 1.54) is 18.5 Å². The van der Waals surface area contributed by atoms with Gasteiger partial charge in [-0.15, -0.1) is 0 Å². The molecule has 3 heterocycles. The topological polar surface area (TPSA) is 42.7 Å². The molecule has 4 heteroatoms. The molecule has 0 saturated carbocycles. The lowest BCUT2D eigenvalue weighted by Gasteiger charge is -2.22. The highest BCUT2D eigenvalue weighted by molar-refractivity contribution is 5.58. The minimum absolute atomic E-state index is 0.585. The molecule has 2 aromatic rings. The van der Waals surface area contributed by atoms with Crippen molar-refractivity contribution in [3.8, 4) is 11.3 Å². The number of aryl methyl sites for hydroxylation is 1. The Hall–Kier alpha value is -1.68. The van der Waals surface area contributed by atoms with E-state index in [2.05, 4.69) is 27.5 Å². The van der Waals surface area contributed by atoms with Crippen molar-refractivity contribution >= 4 is 0 Å². The van der Waals surface area contributed by atoms with Gasteiger partial charge in [-0.3, -0.25) is 9.67 Å². The highest BCUT2D eigenvalue weighted by atomic mass is 15.3. The number of aromatic nitrogens is 3. The van der Waals surface area contributed by atoms with E-state index in [9.17, 15) is 0 Å². The summed E-state index contributed by atoms with van der Waals surface area (Å²) in [7, 11) is 2.03. The summed E-state index contributed by atoms with van der Waals surface area (Å²) < 4.78 is 2.01. The molecule has 0 bridgehead atoms. The maximum atomic E-state index is 4.60. The van der Waals surface area contributed by atoms with Crippen molar-refractivity contribution in [2.45, 2.75) is 18.8 Å². The van der Waals surface area contributed by atoms with E-state index >= 15 is 0 Å². The summed E-state index contributed by atoms with van der Waals surface area (Å²) in [6.45, 7) is 2.20. The fraction of sp³-hybridized carbons (Fsp3) is 0.429. The highest BCUT2D eigenvalue weighted by Crippen LogP contribution is 2.26. The second kappa shape index (κ2) is 4.90. The lowest BCUT2D eigenvalue weighted by Crippen LogP contribution is -2.29. The van der Waals surface area contributed by atoms with E-state index in [0.29, 0.717) is 5.92 Å². The number of rotatable bonds is 2. The van der Waals surface area contributed by atoms with Gasteiger partial charge in [-0.05, 0) is 37.6 Å². The van der Waals surface area contributed by atoms with Crippen molar-refractivity contribution in [1.29, 1.82) is 0 Å². The van der Waals surface area contributed by atoms with Crippen LogP contribution in [0.5, 0.6) is 0 Å². The van der Waals surface area contributed by atoms with Crippen LogP contribution in [-0.4, -0.2) is 27.9 Å². The SMILES string of the molecule is Cn1nc(-c2cccnc2)cc1C1CCCNC1. The second-order valence-electron chi connectivity index (χ2n) is 4.86. The van der Waals surface area contributed by atoms with Gasteiger partial charge in [0.2, 0.25) is 0 Å². The third kappa shape index (κ3) is 2.16. The molecule has 94 valence electrons. The first-order valence-electron chi connectivity index (χ1n) is 6.49. The Kier molecular flexibility index (Phi) is 3.11. The molecule has 0 aliphatic carbocycles. The lowest BCUT2D eigenvalue weighted by atomic mass is 9.95. The molecule has 1 fully saturated rings. The standard InChI is InChI=1S/C14H18N4/c1-18-14(12-5-3-7-16-10-12)8-13(17-18)11-4-2-6-15-9-11/h2,4,6,8-9,12,16H,3,5,7,10H2,1H3. The summed E-state index contributed by atoms with van der Waals surface area (Å²) in [6, 6.07) is 6.21. The summed E-state index contributed by atoms with van der Waals surface area (Å²) in [5.74, 6) is 0.585. The van der Waals surface area contributed by atoms with Gasteiger partial charge in [0.15, 0.2) is 0 Å². The van der Waals surface area contributed by atoms with E-state index in [1.807, 2.05) is 24.0 Å². The average molecular weight is 242 g/mol. The van der Waals surface area contributed by atoms with Crippen molar-refractivity contribution in [1.82, 2.24) is 20.1 Å². The Morgan fingerprint density at radius 1 is 1.44 bits per heavy atom. The van der Waals surface area contributed by atoms with E-state index in [1.54, 1.807) is 6.20 Å². The molecule has 1 unspecified atom stereocenters. The molecule has 1 atom stereocenters. The smallest absolute Gasteiger partial charge is 0.0941 e. The summed E-state index contributed by atoms with van der Waals surface area (Å²) >= 11 is 0. The summed E-state index contributed by atoms with van der Waals surface area (Å²) in [6.07, 6.45) is 6.15. The van der Waals surface area contributed by atoms with Crippen molar-refractivity contribution < 1.29 is 0 Å². The van der Waals surface area contributed by atoms with Gasteiger partial charge in [0.05, 0.1) is 5.69 Å². The molecule has 0 spiro atoms. The van der Waals surface area contributed by atoms with E-state index in [0.717, 1.165) is 24.3 Å². The monoisotopic (exact) mass is 242 g/mol. The second-order valence-corrected chi connectivity index (χ2v) is 4.86. The molecule has 0 aromatic carbocycles. The number of piperidine rings is 1. The highest BCUT2D eigenvalue weighted by Gasteiger charge is 2.19. The Labute approximate surface area is 107 Å². The molecule has 1 aliphatic rings. The minimum Gasteiger partial charge on any atom is -0.316 e. The van der Waals surface area contributed by atoms with Gasteiger partial charge in [0.1, 0.15) is 0 Å². The first-order valence-corrected chi connectivity index (χ1v) is 6.49. The summed E-state index contributed by atoms with van der Waals surface area (Å²) in [4.78, 5) is 4.15. The number of pyridine rings is 1. The molecule has 18 heavy (non-hydrogen) atoms. The van der Waals surface area contributed by atoms with Gasteiger partial charge < -0.3 is 5.32 Å². The van der Waals surface area contributed by atoms with Gasteiger partial charge in [-0.1, -0.05) is 0 Å². The van der Waals surface area contributed by atoms with Crippen molar-refractivity contribution in [3.63, 3.8) is 0 Å². The number of hydrogen-bond acceptors (Lipinski definition) is 3. The van der Waals surface area contributed by atoms with Crippen LogP contribution in [0.2, 0.25) is 0 Å². The average Bonchev–Trinajstić information content (AvgIpc) is 2.83. The van der Waals surface area contributed by atoms with Crippen LogP contribution in [0, 0.1) is 0 Å². The fourth-order valence-corrected chi connectivity index (χ4v) is 2.62. The first-order chi connectivity index (χ1) is 8.84. The van der Waals surface area contributed by atoms with Crippen LogP contribution in [0.15, 0.2) is 30.6 Å². The van der Waals surface area contributed by atoms with Gasteiger partial charge in [-0.25, -0.2) is 0 Å². The summed E-state index contributed by atoms with van der Waals surface area (Å²) in [5, 5.41) is 8.06. The third-order valence-electron chi connectivity index (χ3n) is 3.59. The zero-order valence-electron chi connectivity index (χ0n) is 10.6. The molecule has 1 saturated heterocycles. The van der Waals surface area contributed by atoms with Crippen molar-refractivity contribution in [3.05, 3.63) is 36.3 Å². The molecule has 0 amide bonds. The van der Waals surface area contributed by atoms with Crippen molar-refractivity contribution in [2.75, 3.05) is 13.1 Å². The predicted molar refractivity (Wildman–Crippen MR) is 71.3 cm³/mol. The normalized spacial score (nSPS) is 19.9.